The standard InChI is InChI=1S/C19H28F2O3/c1-3-5-11-23-15-9-7-13-12-6-8-14(22-10-4-2)16(20)18(12)24-19(13)17(15)21/h12-19H,3,5-9,11H2,1-2H3. The second-order valence-electron chi connectivity index (χ2n) is 7.21. The molecule has 0 aromatic heterocycles. The Kier molecular flexibility index (Phi) is 5.99. The molecule has 2 saturated carbocycles. The number of hydrogen-bond acceptors (Lipinski definition) is 3. The van der Waals surface area contributed by atoms with Gasteiger partial charge in [-0.05, 0) is 43.9 Å². The van der Waals surface area contributed by atoms with Crippen LogP contribution in [0.15, 0.2) is 0 Å². The van der Waals surface area contributed by atoms with Crippen LogP contribution in [0, 0.1) is 23.9 Å². The van der Waals surface area contributed by atoms with Gasteiger partial charge < -0.3 is 14.2 Å². The van der Waals surface area contributed by atoms with Crippen LogP contribution in [0.5, 0.6) is 0 Å². The molecule has 2 aliphatic carbocycles. The molecule has 0 bridgehead atoms. The molecule has 136 valence electrons. The molecule has 1 aliphatic heterocycles. The van der Waals surface area contributed by atoms with Crippen molar-refractivity contribution >= 4 is 0 Å². The third-order valence-corrected chi connectivity index (χ3v) is 5.76. The summed E-state index contributed by atoms with van der Waals surface area (Å²) in [6.45, 7) is 4.33. The van der Waals surface area contributed by atoms with Crippen molar-refractivity contribution in [2.75, 3.05) is 6.61 Å². The third-order valence-electron chi connectivity index (χ3n) is 5.76. The van der Waals surface area contributed by atoms with Gasteiger partial charge in [0.1, 0.15) is 12.2 Å². The van der Waals surface area contributed by atoms with Crippen LogP contribution in [-0.4, -0.2) is 43.4 Å². The maximum atomic E-state index is 14.9. The van der Waals surface area contributed by atoms with Crippen molar-refractivity contribution in [3.63, 3.8) is 0 Å². The Morgan fingerprint density at radius 2 is 1.62 bits per heavy atom. The molecule has 0 aromatic rings. The molecule has 0 spiro atoms. The molecular weight excluding hydrogens is 314 g/mol. The second-order valence-corrected chi connectivity index (χ2v) is 7.21. The Balaban J connectivity index is 1.62. The number of halogens is 2. The van der Waals surface area contributed by atoms with Crippen molar-refractivity contribution in [2.45, 2.75) is 89.1 Å². The van der Waals surface area contributed by atoms with Crippen molar-refractivity contribution in [1.82, 2.24) is 0 Å². The Bertz CT molecular complexity index is 475. The van der Waals surface area contributed by atoms with Crippen LogP contribution in [-0.2, 0) is 14.2 Å². The third kappa shape index (κ3) is 3.41. The maximum absolute atomic E-state index is 14.9. The molecule has 1 heterocycles. The fourth-order valence-corrected chi connectivity index (χ4v) is 4.52. The number of alkyl halides is 2. The average molecular weight is 342 g/mol. The lowest BCUT2D eigenvalue weighted by Crippen LogP contribution is -2.45. The molecule has 5 heteroatoms. The van der Waals surface area contributed by atoms with Gasteiger partial charge in [0.2, 0.25) is 0 Å². The maximum Gasteiger partial charge on any atom is 0.164 e. The lowest BCUT2D eigenvalue weighted by molar-refractivity contribution is -0.125. The van der Waals surface area contributed by atoms with E-state index in [9.17, 15) is 8.78 Å². The van der Waals surface area contributed by atoms with Crippen molar-refractivity contribution in [1.29, 1.82) is 0 Å². The number of rotatable bonds is 5. The van der Waals surface area contributed by atoms with E-state index in [0.29, 0.717) is 19.4 Å². The molecule has 3 fully saturated rings. The topological polar surface area (TPSA) is 27.7 Å². The minimum atomic E-state index is -1.23. The number of unbranched alkanes of at least 4 members (excludes halogenated alkanes) is 1. The van der Waals surface area contributed by atoms with Gasteiger partial charge in [-0.25, -0.2) is 8.78 Å². The van der Waals surface area contributed by atoms with E-state index in [1.54, 1.807) is 6.92 Å². The van der Waals surface area contributed by atoms with Gasteiger partial charge in [0, 0.05) is 13.5 Å². The molecule has 0 aromatic carbocycles. The first kappa shape index (κ1) is 17.9. The van der Waals surface area contributed by atoms with Crippen LogP contribution in [0.3, 0.4) is 0 Å². The largest absolute Gasteiger partial charge is 0.440 e. The first-order chi connectivity index (χ1) is 11.7. The van der Waals surface area contributed by atoms with Crippen molar-refractivity contribution in [3.05, 3.63) is 0 Å². The molecule has 0 amide bonds. The fraction of sp³-hybridized carbons (Fsp3) is 0.895. The second kappa shape index (κ2) is 8.01. The van der Waals surface area contributed by atoms with Crippen molar-refractivity contribution < 1.29 is 23.0 Å². The van der Waals surface area contributed by atoms with Gasteiger partial charge in [-0.3, -0.25) is 0 Å². The summed E-state index contributed by atoms with van der Waals surface area (Å²) in [6.07, 6.45) is 3.00. The van der Waals surface area contributed by atoms with Crippen molar-refractivity contribution in [3.8, 4) is 12.0 Å². The highest BCUT2D eigenvalue weighted by atomic mass is 19.1. The van der Waals surface area contributed by atoms with Crippen LogP contribution in [0.25, 0.3) is 0 Å². The van der Waals surface area contributed by atoms with Gasteiger partial charge in [-0.1, -0.05) is 19.3 Å². The number of fused-ring (bicyclic) bond motifs is 3. The Labute approximate surface area is 143 Å². The highest BCUT2D eigenvalue weighted by Gasteiger charge is 2.57. The Morgan fingerprint density at radius 1 is 1.00 bits per heavy atom. The molecule has 3 rings (SSSR count). The summed E-state index contributed by atoms with van der Waals surface area (Å²) >= 11 is 0. The van der Waals surface area contributed by atoms with Gasteiger partial charge in [0.25, 0.3) is 0 Å². The summed E-state index contributed by atoms with van der Waals surface area (Å²) in [6, 6.07) is 0. The van der Waals surface area contributed by atoms with Crippen LogP contribution < -0.4 is 0 Å². The van der Waals surface area contributed by atoms with E-state index >= 15 is 0 Å². The van der Waals surface area contributed by atoms with E-state index in [-0.39, 0.29) is 11.8 Å². The molecule has 3 nitrogen and oxygen atoms in total. The van der Waals surface area contributed by atoms with Gasteiger partial charge >= 0.3 is 0 Å². The molecule has 24 heavy (non-hydrogen) atoms. The van der Waals surface area contributed by atoms with Crippen molar-refractivity contribution in [2.24, 2.45) is 11.8 Å². The lowest BCUT2D eigenvalue weighted by Gasteiger charge is -2.37. The van der Waals surface area contributed by atoms with Gasteiger partial charge in [0.05, 0.1) is 18.3 Å². The highest BCUT2D eigenvalue weighted by Crippen LogP contribution is 2.49. The first-order valence-corrected chi connectivity index (χ1v) is 9.30. The average Bonchev–Trinajstić information content (AvgIpc) is 2.97. The first-order valence-electron chi connectivity index (χ1n) is 9.30. The van der Waals surface area contributed by atoms with E-state index in [0.717, 1.165) is 25.7 Å². The predicted octanol–water partition coefficient (Wildman–Crippen LogP) is 3.80. The predicted molar refractivity (Wildman–Crippen MR) is 86.9 cm³/mol. The quantitative estimate of drug-likeness (QED) is 0.562. The van der Waals surface area contributed by atoms with Crippen LogP contribution in [0.4, 0.5) is 8.78 Å². The molecule has 0 radical (unpaired) electrons. The minimum absolute atomic E-state index is 0.0919. The van der Waals surface area contributed by atoms with Crippen LogP contribution >= 0.6 is 0 Å². The normalized spacial score (nSPS) is 44.2. The summed E-state index contributed by atoms with van der Waals surface area (Å²) < 4.78 is 46.5. The van der Waals surface area contributed by atoms with E-state index in [2.05, 4.69) is 19.0 Å². The summed E-state index contributed by atoms with van der Waals surface area (Å²) in [7, 11) is 0. The summed E-state index contributed by atoms with van der Waals surface area (Å²) in [5, 5.41) is 0. The molecular formula is C19H28F2O3. The van der Waals surface area contributed by atoms with Crippen LogP contribution in [0.2, 0.25) is 0 Å². The summed E-state index contributed by atoms with van der Waals surface area (Å²) in [4.78, 5) is 0. The highest BCUT2D eigenvalue weighted by molar-refractivity contribution is 5.05. The molecule has 8 unspecified atom stereocenters. The summed E-state index contributed by atoms with van der Waals surface area (Å²) in [5.41, 5.74) is 0. The molecule has 3 aliphatic rings. The minimum Gasteiger partial charge on any atom is -0.440 e. The van der Waals surface area contributed by atoms with Gasteiger partial charge in [-0.2, -0.15) is 0 Å². The monoisotopic (exact) mass is 342 g/mol. The smallest absolute Gasteiger partial charge is 0.164 e. The zero-order valence-electron chi connectivity index (χ0n) is 14.5. The zero-order valence-corrected chi connectivity index (χ0v) is 14.5. The Hall–Kier alpha value is -0.860. The van der Waals surface area contributed by atoms with E-state index in [1.807, 2.05) is 0 Å². The SMILES string of the molecule is CC#COC1CCC2C3CCC(OCCCC)C(F)C3OC2C1F. The molecule has 8 atom stereocenters. The van der Waals surface area contributed by atoms with Gasteiger partial charge in [-0.15, -0.1) is 0 Å². The molecule has 1 saturated heterocycles. The number of hydrogen-bond donors (Lipinski definition) is 0. The zero-order chi connectivity index (χ0) is 17.1. The Morgan fingerprint density at radius 3 is 2.25 bits per heavy atom. The van der Waals surface area contributed by atoms with E-state index in [4.69, 9.17) is 14.2 Å². The fourth-order valence-electron chi connectivity index (χ4n) is 4.52. The van der Waals surface area contributed by atoms with Crippen LogP contribution in [0.1, 0.15) is 52.4 Å². The van der Waals surface area contributed by atoms with Gasteiger partial charge in [0.15, 0.2) is 12.3 Å². The lowest BCUT2D eigenvalue weighted by atomic mass is 9.71. The van der Waals surface area contributed by atoms with E-state index in [1.165, 1.54) is 0 Å². The van der Waals surface area contributed by atoms with E-state index < -0.39 is 36.8 Å². The molecule has 0 N–H and O–H groups in total. The number of ether oxygens (including phenoxy) is 3. The summed E-state index contributed by atoms with van der Waals surface area (Å²) in [5.74, 6) is 2.82.